The Morgan fingerprint density at radius 3 is 2.36 bits per heavy atom. The summed E-state index contributed by atoms with van der Waals surface area (Å²) in [6.45, 7) is 7.37. The van der Waals surface area contributed by atoms with Crippen LogP contribution >= 0.6 is 0 Å². The topological polar surface area (TPSA) is 74.0 Å². The van der Waals surface area contributed by atoms with Crippen LogP contribution in [0.2, 0.25) is 0 Å². The number of likely N-dealkylation sites (N-methyl/N-ethyl adjacent to an activating group) is 1. The molecule has 1 aromatic heterocycles. The van der Waals surface area contributed by atoms with Crippen molar-refractivity contribution in [2.45, 2.75) is 32.2 Å². The molecular weight excluding hydrogens is 416 g/mol. The molecule has 0 saturated heterocycles. The molecule has 1 aliphatic heterocycles. The Balaban J connectivity index is 1.78. The van der Waals surface area contributed by atoms with Crippen LogP contribution in [0.25, 0.3) is 11.0 Å². The highest BCUT2D eigenvalue weighted by Crippen LogP contribution is 2.40. The first-order valence-corrected chi connectivity index (χ1v) is 11.1. The molecule has 2 heterocycles. The van der Waals surface area contributed by atoms with Gasteiger partial charge in [0.1, 0.15) is 5.58 Å². The van der Waals surface area contributed by atoms with E-state index < -0.39 is 23.5 Å². The summed E-state index contributed by atoms with van der Waals surface area (Å²) in [6.07, 6.45) is 0. The summed E-state index contributed by atoms with van der Waals surface area (Å²) in [5, 5.41) is 11.6. The molecule has 6 nitrogen and oxygen atoms in total. The number of Topliss-reactive ketones (excluding diaryl/α,β-unsaturated/α-hetero) is 1. The summed E-state index contributed by atoms with van der Waals surface area (Å²) >= 11 is 0. The zero-order valence-electron chi connectivity index (χ0n) is 19.8. The third kappa shape index (κ3) is 4.31. The number of rotatable bonds is 6. The van der Waals surface area contributed by atoms with Gasteiger partial charge in [-0.3, -0.25) is 9.59 Å². The number of para-hydroxylation sites is 1. The summed E-state index contributed by atoms with van der Waals surface area (Å²) in [4.78, 5) is 30.2. The Morgan fingerprint density at radius 1 is 1.09 bits per heavy atom. The first kappa shape index (κ1) is 22.8. The summed E-state index contributed by atoms with van der Waals surface area (Å²) in [5.74, 6) is -1.42. The van der Waals surface area contributed by atoms with Gasteiger partial charge in [-0.15, -0.1) is 0 Å². The minimum absolute atomic E-state index is 0.0282. The van der Waals surface area contributed by atoms with Crippen LogP contribution in [0.3, 0.4) is 0 Å². The van der Waals surface area contributed by atoms with Gasteiger partial charge in [0, 0.05) is 18.5 Å². The number of hydrogen-bond donors (Lipinski definition) is 1. The van der Waals surface area contributed by atoms with Crippen LogP contribution in [0.1, 0.15) is 48.5 Å². The zero-order valence-corrected chi connectivity index (χ0v) is 19.8. The summed E-state index contributed by atoms with van der Waals surface area (Å²) in [5.41, 5.74) is 2.54. The van der Waals surface area contributed by atoms with E-state index >= 15 is 0 Å². The number of carbonyl (C=O) groups excluding carboxylic acids is 2. The third-order valence-corrected chi connectivity index (χ3v) is 6.08. The number of fused-ring (bicyclic) bond motifs is 1. The average molecular weight is 447 g/mol. The highest BCUT2D eigenvalue weighted by molar-refractivity contribution is 6.16. The maximum absolute atomic E-state index is 13.6. The summed E-state index contributed by atoms with van der Waals surface area (Å²) in [7, 11) is 3.84. The molecule has 2 aromatic carbocycles. The van der Waals surface area contributed by atoms with E-state index in [9.17, 15) is 14.7 Å². The van der Waals surface area contributed by atoms with E-state index in [1.165, 1.54) is 0 Å². The van der Waals surface area contributed by atoms with Crippen molar-refractivity contribution in [2.75, 3.05) is 27.2 Å². The number of aliphatic hydroxyl groups is 1. The number of aliphatic hydroxyl groups excluding tert-OH is 1. The number of ketones is 1. The fourth-order valence-electron chi connectivity index (χ4n) is 4.16. The molecule has 0 bridgehead atoms. The lowest BCUT2D eigenvalue weighted by atomic mass is 9.85. The van der Waals surface area contributed by atoms with Gasteiger partial charge in [0.25, 0.3) is 5.91 Å². The minimum Gasteiger partial charge on any atom is -0.503 e. The fourth-order valence-corrected chi connectivity index (χ4v) is 4.16. The SMILES string of the molecule is CN(C)CCN1C(=O)C(O)=C(C(=O)c2cc3ccccc3o2)C1c1ccc(C(C)(C)C)cc1. The Bertz CT molecular complexity index is 1200. The quantitative estimate of drug-likeness (QED) is 0.547. The van der Waals surface area contributed by atoms with Crippen LogP contribution in [-0.2, 0) is 10.2 Å². The van der Waals surface area contributed by atoms with Gasteiger partial charge in [0.05, 0.1) is 11.6 Å². The highest BCUT2D eigenvalue weighted by atomic mass is 16.3. The van der Waals surface area contributed by atoms with Crippen molar-refractivity contribution in [1.29, 1.82) is 0 Å². The van der Waals surface area contributed by atoms with Gasteiger partial charge in [0.15, 0.2) is 11.5 Å². The monoisotopic (exact) mass is 446 g/mol. The van der Waals surface area contributed by atoms with Crippen LogP contribution in [0.5, 0.6) is 0 Å². The second-order valence-corrected chi connectivity index (χ2v) is 9.82. The molecule has 0 fully saturated rings. The molecule has 0 aliphatic carbocycles. The first-order valence-electron chi connectivity index (χ1n) is 11.1. The van der Waals surface area contributed by atoms with Crippen LogP contribution in [-0.4, -0.2) is 53.8 Å². The van der Waals surface area contributed by atoms with E-state index in [4.69, 9.17) is 4.42 Å². The number of hydrogen-bond acceptors (Lipinski definition) is 5. The number of furan rings is 1. The molecule has 0 saturated carbocycles. The number of benzene rings is 2. The lowest BCUT2D eigenvalue weighted by Crippen LogP contribution is -2.36. The van der Waals surface area contributed by atoms with Crippen molar-refractivity contribution in [3.05, 3.63) is 82.8 Å². The van der Waals surface area contributed by atoms with E-state index in [-0.39, 0.29) is 16.7 Å². The Morgan fingerprint density at radius 2 is 1.76 bits per heavy atom. The van der Waals surface area contributed by atoms with Crippen LogP contribution in [0, 0.1) is 0 Å². The minimum atomic E-state index is -0.688. The van der Waals surface area contributed by atoms with Crippen LogP contribution in [0.4, 0.5) is 0 Å². The predicted molar refractivity (Wildman–Crippen MR) is 128 cm³/mol. The normalized spacial score (nSPS) is 17.0. The first-order chi connectivity index (χ1) is 15.6. The van der Waals surface area contributed by atoms with Crippen LogP contribution < -0.4 is 0 Å². The van der Waals surface area contributed by atoms with Crippen LogP contribution in [0.15, 0.2) is 70.3 Å². The second kappa shape index (κ2) is 8.52. The molecule has 172 valence electrons. The van der Waals surface area contributed by atoms with Gasteiger partial charge < -0.3 is 19.3 Å². The van der Waals surface area contributed by atoms with Crippen molar-refractivity contribution in [1.82, 2.24) is 9.80 Å². The number of nitrogens with zero attached hydrogens (tertiary/aromatic N) is 2. The van der Waals surface area contributed by atoms with Crippen molar-refractivity contribution in [3.63, 3.8) is 0 Å². The Kier molecular flexibility index (Phi) is 5.89. The molecule has 1 aliphatic rings. The standard InChI is InChI=1S/C27H30N2O4/c1-27(2,3)19-12-10-17(11-13-19)23-22(25(31)26(32)29(23)15-14-28(4)5)24(30)21-16-18-8-6-7-9-20(18)33-21/h6-13,16,23,31H,14-15H2,1-5H3. The maximum atomic E-state index is 13.6. The van der Waals surface area contributed by atoms with Gasteiger partial charge in [-0.05, 0) is 42.8 Å². The smallest absolute Gasteiger partial charge is 0.290 e. The van der Waals surface area contributed by atoms with Gasteiger partial charge in [-0.1, -0.05) is 63.2 Å². The number of amides is 1. The number of carbonyl (C=O) groups is 2. The second-order valence-electron chi connectivity index (χ2n) is 9.82. The molecule has 0 spiro atoms. The third-order valence-electron chi connectivity index (χ3n) is 6.08. The largest absolute Gasteiger partial charge is 0.503 e. The fraction of sp³-hybridized carbons (Fsp3) is 0.333. The summed E-state index contributed by atoms with van der Waals surface area (Å²) < 4.78 is 5.77. The van der Waals surface area contributed by atoms with Crippen molar-refractivity contribution < 1.29 is 19.1 Å². The molecule has 33 heavy (non-hydrogen) atoms. The molecule has 6 heteroatoms. The maximum Gasteiger partial charge on any atom is 0.290 e. The van der Waals surface area contributed by atoms with Gasteiger partial charge in [-0.25, -0.2) is 0 Å². The predicted octanol–water partition coefficient (Wildman–Crippen LogP) is 4.87. The van der Waals surface area contributed by atoms with E-state index in [0.717, 1.165) is 16.5 Å². The van der Waals surface area contributed by atoms with Gasteiger partial charge in [-0.2, -0.15) is 0 Å². The average Bonchev–Trinajstić information content (AvgIpc) is 3.31. The van der Waals surface area contributed by atoms with Crippen molar-refractivity contribution in [2.24, 2.45) is 0 Å². The molecule has 4 rings (SSSR count). The zero-order chi connectivity index (χ0) is 23.9. The van der Waals surface area contributed by atoms with Crippen molar-refractivity contribution >= 4 is 22.7 Å². The lowest BCUT2D eigenvalue weighted by Gasteiger charge is -2.28. The molecule has 1 amide bonds. The molecular formula is C27H30N2O4. The summed E-state index contributed by atoms with van der Waals surface area (Å²) in [6, 6.07) is 16.2. The Hall–Kier alpha value is -3.38. The lowest BCUT2D eigenvalue weighted by molar-refractivity contribution is -0.129. The molecule has 1 atom stereocenters. The van der Waals surface area contributed by atoms with E-state index in [2.05, 4.69) is 20.8 Å². The Labute approximate surface area is 194 Å². The highest BCUT2D eigenvalue weighted by Gasteiger charge is 2.44. The molecule has 0 radical (unpaired) electrons. The molecule has 1 N–H and O–H groups in total. The van der Waals surface area contributed by atoms with Crippen molar-refractivity contribution in [3.8, 4) is 0 Å². The van der Waals surface area contributed by atoms with E-state index in [1.54, 1.807) is 17.0 Å². The van der Waals surface area contributed by atoms with E-state index in [0.29, 0.717) is 18.7 Å². The molecule has 3 aromatic rings. The van der Waals surface area contributed by atoms with E-state index in [1.807, 2.05) is 61.5 Å². The molecule has 1 unspecified atom stereocenters. The van der Waals surface area contributed by atoms with Gasteiger partial charge in [0.2, 0.25) is 5.78 Å². The van der Waals surface area contributed by atoms with Gasteiger partial charge >= 0.3 is 0 Å².